The fourth-order valence-electron chi connectivity index (χ4n) is 2.30. The van der Waals surface area contributed by atoms with E-state index in [9.17, 15) is 14.4 Å². The molecule has 0 radical (unpaired) electrons. The molecule has 0 bridgehead atoms. The van der Waals surface area contributed by atoms with Gasteiger partial charge in [-0.15, -0.1) is 6.58 Å². The second-order valence-electron chi connectivity index (χ2n) is 4.86. The second-order valence-corrected chi connectivity index (χ2v) is 4.86. The van der Waals surface area contributed by atoms with Crippen LogP contribution in [0.3, 0.4) is 0 Å². The normalized spacial score (nSPS) is 15.4. The highest BCUT2D eigenvalue weighted by molar-refractivity contribution is 5.80. The van der Waals surface area contributed by atoms with Crippen LogP contribution in [0.2, 0.25) is 0 Å². The molecule has 0 saturated carbocycles. The SMILES string of the molecule is C=CCN(CC(=O)O)C(=O)N1CCC(C(=O)OCC)CC1. The summed E-state index contributed by atoms with van der Waals surface area (Å²) < 4.78 is 4.97. The van der Waals surface area contributed by atoms with E-state index < -0.39 is 5.97 Å². The molecule has 2 amide bonds. The molecule has 0 unspecified atom stereocenters. The fourth-order valence-corrected chi connectivity index (χ4v) is 2.30. The molecule has 0 aliphatic carbocycles. The Kier molecular flexibility index (Phi) is 6.71. The first-order chi connectivity index (χ1) is 9.99. The van der Waals surface area contributed by atoms with Crippen molar-refractivity contribution in [3.8, 4) is 0 Å². The highest BCUT2D eigenvalue weighted by atomic mass is 16.5. The van der Waals surface area contributed by atoms with E-state index in [1.807, 2.05) is 0 Å². The summed E-state index contributed by atoms with van der Waals surface area (Å²) in [6.07, 6.45) is 2.57. The number of likely N-dealkylation sites (tertiary alicyclic amines) is 1. The number of esters is 1. The first-order valence-corrected chi connectivity index (χ1v) is 7.02. The molecular weight excluding hydrogens is 276 g/mol. The molecule has 1 aliphatic rings. The topological polar surface area (TPSA) is 87.2 Å². The zero-order valence-corrected chi connectivity index (χ0v) is 12.3. The minimum atomic E-state index is -1.06. The van der Waals surface area contributed by atoms with Crippen molar-refractivity contribution in [2.45, 2.75) is 19.8 Å². The molecule has 1 fully saturated rings. The third-order valence-electron chi connectivity index (χ3n) is 3.33. The van der Waals surface area contributed by atoms with E-state index in [1.54, 1.807) is 11.8 Å². The number of nitrogens with zero attached hydrogens (tertiary/aromatic N) is 2. The maximum Gasteiger partial charge on any atom is 0.323 e. The largest absolute Gasteiger partial charge is 0.480 e. The maximum absolute atomic E-state index is 12.3. The minimum Gasteiger partial charge on any atom is -0.480 e. The van der Waals surface area contributed by atoms with Crippen LogP contribution in [0.25, 0.3) is 0 Å². The molecule has 118 valence electrons. The predicted molar refractivity (Wildman–Crippen MR) is 75.7 cm³/mol. The number of amides is 2. The molecule has 0 aromatic rings. The number of rotatable bonds is 6. The molecule has 0 aromatic carbocycles. The van der Waals surface area contributed by atoms with Crippen molar-refractivity contribution in [3.63, 3.8) is 0 Å². The van der Waals surface area contributed by atoms with Crippen LogP contribution in [0, 0.1) is 5.92 Å². The Morgan fingerprint density at radius 1 is 1.38 bits per heavy atom. The van der Waals surface area contributed by atoms with Crippen molar-refractivity contribution >= 4 is 18.0 Å². The highest BCUT2D eigenvalue weighted by Gasteiger charge is 2.30. The fraction of sp³-hybridized carbons (Fsp3) is 0.643. The van der Waals surface area contributed by atoms with Crippen molar-refractivity contribution in [2.75, 3.05) is 32.8 Å². The lowest BCUT2D eigenvalue weighted by Gasteiger charge is -2.34. The summed E-state index contributed by atoms with van der Waals surface area (Å²) in [5, 5.41) is 8.82. The number of urea groups is 1. The molecule has 7 nitrogen and oxygen atoms in total. The first-order valence-electron chi connectivity index (χ1n) is 7.02. The Balaban J connectivity index is 2.54. The lowest BCUT2D eigenvalue weighted by Crippen LogP contribution is -2.49. The van der Waals surface area contributed by atoms with Gasteiger partial charge in [-0.2, -0.15) is 0 Å². The van der Waals surface area contributed by atoms with Gasteiger partial charge in [-0.25, -0.2) is 4.79 Å². The van der Waals surface area contributed by atoms with Gasteiger partial charge in [0.15, 0.2) is 0 Å². The van der Waals surface area contributed by atoms with Crippen molar-refractivity contribution in [1.29, 1.82) is 0 Å². The number of ether oxygens (including phenoxy) is 1. The Morgan fingerprint density at radius 3 is 2.48 bits per heavy atom. The Bertz CT molecular complexity index is 402. The lowest BCUT2D eigenvalue weighted by atomic mass is 9.97. The van der Waals surface area contributed by atoms with Gasteiger partial charge < -0.3 is 19.6 Å². The van der Waals surface area contributed by atoms with Gasteiger partial charge in [-0.3, -0.25) is 9.59 Å². The van der Waals surface area contributed by atoms with Crippen LogP contribution in [-0.2, 0) is 14.3 Å². The highest BCUT2D eigenvalue weighted by Crippen LogP contribution is 2.19. The monoisotopic (exact) mass is 298 g/mol. The molecule has 0 aromatic heterocycles. The van der Waals surface area contributed by atoms with Crippen LogP contribution >= 0.6 is 0 Å². The third kappa shape index (κ3) is 5.09. The molecular formula is C14H22N2O5. The van der Waals surface area contributed by atoms with Gasteiger partial charge in [0.25, 0.3) is 0 Å². The number of carboxylic acid groups (broad SMARTS) is 1. The number of hydrogen-bond donors (Lipinski definition) is 1. The number of hydrogen-bond acceptors (Lipinski definition) is 4. The number of carbonyl (C=O) groups is 3. The van der Waals surface area contributed by atoms with Gasteiger partial charge in [0.1, 0.15) is 6.54 Å². The standard InChI is InChI=1S/C14H22N2O5/c1-3-7-16(10-12(17)18)14(20)15-8-5-11(6-9-15)13(19)21-4-2/h3,11H,1,4-10H2,2H3,(H,17,18). The predicted octanol–water partition coefficient (Wildman–Crippen LogP) is 0.954. The second kappa shape index (κ2) is 8.28. The molecule has 1 rings (SSSR count). The molecule has 1 aliphatic heterocycles. The van der Waals surface area contributed by atoms with E-state index in [0.29, 0.717) is 32.5 Å². The van der Waals surface area contributed by atoms with Crippen molar-refractivity contribution < 1.29 is 24.2 Å². The molecule has 21 heavy (non-hydrogen) atoms. The molecule has 1 saturated heterocycles. The summed E-state index contributed by atoms with van der Waals surface area (Å²) in [5.74, 6) is -1.47. The lowest BCUT2D eigenvalue weighted by molar-refractivity contribution is -0.149. The molecule has 1 N–H and O–H groups in total. The number of carbonyl (C=O) groups excluding carboxylic acids is 2. The first kappa shape index (κ1) is 17.0. The van der Waals surface area contributed by atoms with Crippen LogP contribution in [-0.4, -0.2) is 65.7 Å². The van der Waals surface area contributed by atoms with E-state index in [0.717, 1.165) is 0 Å². The van der Waals surface area contributed by atoms with Gasteiger partial charge in [-0.1, -0.05) is 6.08 Å². The number of piperidine rings is 1. The number of aliphatic carboxylic acids is 1. The van der Waals surface area contributed by atoms with Crippen LogP contribution in [0.1, 0.15) is 19.8 Å². The van der Waals surface area contributed by atoms with Crippen LogP contribution < -0.4 is 0 Å². The smallest absolute Gasteiger partial charge is 0.323 e. The molecule has 0 atom stereocenters. The Morgan fingerprint density at radius 2 is 2.00 bits per heavy atom. The van der Waals surface area contributed by atoms with Gasteiger partial charge in [0, 0.05) is 19.6 Å². The van der Waals surface area contributed by atoms with Crippen LogP contribution in [0.5, 0.6) is 0 Å². The van der Waals surface area contributed by atoms with E-state index in [-0.39, 0.29) is 31.0 Å². The van der Waals surface area contributed by atoms with Crippen molar-refractivity contribution in [3.05, 3.63) is 12.7 Å². The van der Waals surface area contributed by atoms with E-state index in [1.165, 1.54) is 11.0 Å². The quantitative estimate of drug-likeness (QED) is 0.583. The Labute approximate surface area is 124 Å². The average Bonchev–Trinajstić information content (AvgIpc) is 2.46. The van der Waals surface area contributed by atoms with Gasteiger partial charge in [0.2, 0.25) is 0 Å². The summed E-state index contributed by atoms with van der Waals surface area (Å²) in [6.45, 7) is 6.31. The third-order valence-corrected chi connectivity index (χ3v) is 3.33. The van der Waals surface area contributed by atoms with Crippen molar-refractivity contribution in [1.82, 2.24) is 9.80 Å². The average molecular weight is 298 g/mol. The summed E-state index contributed by atoms with van der Waals surface area (Å²) >= 11 is 0. The summed E-state index contributed by atoms with van der Waals surface area (Å²) in [4.78, 5) is 37.5. The minimum absolute atomic E-state index is 0.179. The summed E-state index contributed by atoms with van der Waals surface area (Å²) in [5.41, 5.74) is 0. The Hall–Kier alpha value is -2.05. The summed E-state index contributed by atoms with van der Waals surface area (Å²) in [6, 6.07) is -0.334. The van der Waals surface area contributed by atoms with E-state index >= 15 is 0 Å². The summed E-state index contributed by atoms with van der Waals surface area (Å²) in [7, 11) is 0. The van der Waals surface area contributed by atoms with Gasteiger partial charge in [-0.05, 0) is 19.8 Å². The van der Waals surface area contributed by atoms with E-state index in [4.69, 9.17) is 9.84 Å². The molecule has 7 heteroatoms. The van der Waals surface area contributed by atoms with E-state index in [2.05, 4.69) is 6.58 Å². The van der Waals surface area contributed by atoms with Crippen molar-refractivity contribution in [2.24, 2.45) is 5.92 Å². The van der Waals surface area contributed by atoms with Gasteiger partial charge in [0.05, 0.1) is 12.5 Å². The van der Waals surface area contributed by atoms with Gasteiger partial charge >= 0.3 is 18.0 Å². The van der Waals surface area contributed by atoms with Crippen LogP contribution in [0.15, 0.2) is 12.7 Å². The van der Waals surface area contributed by atoms with Crippen LogP contribution in [0.4, 0.5) is 4.79 Å². The maximum atomic E-state index is 12.3. The molecule has 1 heterocycles. The molecule has 0 spiro atoms. The zero-order chi connectivity index (χ0) is 15.8. The number of carboxylic acids is 1. The zero-order valence-electron chi connectivity index (χ0n) is 12.3.